The van der Waals surface area contributed by atoms with Gasteiger partial charge in [-0.05, 0) is 88.7 Å². The highest BCUT2D eigenvalue weighted by molar-refractivity contribution is 5.78. The molecule has 0 aliphatic carbocycles. The fourth-order valence-electron chi connectivity index (χ4n) is 4.66. The molecule has 0 aliphatic rings. The van der Waals surface area contributed by atoms with Crippen LogP contribution in [0.4, 0.5) is 17.1 Å². The maximum Gasteiger partial charge on any atom is 0.119 e. The average Bonchev–Trinajstić information content (AvgIpc) is 2.97. The summed E-state index contributed by atoms with van der Waals surface area (Å²) in [5.41, 5.74) is 7.11. The van der Waals surface area contributed by atoms with Crippen molar-refractivity contribution >= 4 is 29.2 Å². The highest BCUT2D eigenvalue weighted by Crippen LogP contribution is 2.36. The van der Waals surface area contributed by atoms with Crippen LogP contribution < -0.4 is 14.4 Å². The smallest absolute Gasteiger partial charge is 0.119 e. The lowest BCUT2D eigenvalue weighted by Crippen LogP contribution is -2.25. The van der Waals surface area contributed by atoms with Gasteiger partial charge in [-0.3, -0.25) is 0 Å². The maximum absolute atomic E-state index is 5.37. The van der Waals surface area contributed by atoms with E-state index >= 15 is 0 Å². The summed E-state index contributed by atoms with van der Waals surface area (Å²) >= 11 is 0. The first-order valence-corrected chi connectivity index (χ1v) is 13.3. The normalized spacial score (nSPS) is 12.4. The van der Waals surface area contributed by atoms with Crippen LogP contribution in [0.2, 0.25) is 0 Å². The van der Waals surface area contributed by atoms with Crippen LogP contribution in [0.15, 0.2) is 97.1 Å². The number of nitrogens with zero attached hydrogens (tertiary/aromatic N) is 1. The fraction of sp³-hybridized carbons (Fsp3) is 0.257. The third-order valence-electron chi connectivity index (χ3n) is 7.78. The lowest BCUT2D eigenvalue weighted by molar-refractivity contribution is 0.335. The highest BCUT2D eigenvalue weighted by Gasteiger charge is 2.26. The Bertz CT molecular complexity index is 1270. The molecule has 0 spiro atoms. The van der Waals surface area contributed by atoms with E-state index in [9.17, 15) is 0 Å². The Labute approximate surface area is 228 Å². The van der Waals surface area contributed by atoms with Crippen molar-refractivity contribution in [3.63, 3.8) is 0 Å². The first kappa shape index (κ1) is 27.1. The monoisotopic (exact) mass is 505 g/mol. The molecule has 3 heteroatoms. The molecular formula is C35H39NO2. The van der Waals surface area contributed by atoms with Gasteiger partial charge in [-0.15, -0.1) is 0 Å². The summed E-state index contributed by atoms with van der Waals surface area (Å²) in [6, 6.07) is 33.9. The first-order chi connectivity index (χ1) is 18.3. The minimum absolute atomic E-state index is 0.173. The Kier molecular flexibility index (Phi) is 8.58. The molecule has 38 heavy (non-hydrogen) atoms. The summed E-state index contributed by atoms with van der Waals surface area (Å²) in [6.07, 6.45) is 5.53. The molecule has 4 aromatic carbocycles. The minimum atomic E-state index is 0.173. The van der Waals surface area contributed by atoms with E-state index in [2.05, 4.69) is 118 Å². The number of hydrogen-bond donors (Lipinski definition) is 0. The summed E-state index contributed by atoms with van der Waals surface area (Å²) < 4.78 is 10.7. The quantitative estimate of drug-likeness (QED) is 0.200. The van der Waals surface area contributed by atoms with Crippen LogP contribution in [-0.2, 0) is 5.41 Å². The van der Waals surface area contributed by atoms with Crippen LogP contribution in [0.3, 0.4) is 0 Å². The van der Waals surface area contributed by atoms with Crippen LogP contribution in [0.1, 0.15) is 50.8 Å². The van der Waals surface area contributed by atoms with Gasteiger partial charge in [0.25, 0.3) is 0 Å². The predicted molar refractivity (Wildman–Crippen MR) is 162 cm³/mol. The summed E-state index contributed by atoms with van der Waals surface area (Å²) in [5, 5.41) is 0. The summed E-state index contributed by atoms with van der Waals surface area (Å²) in [5.74, 6) is 2.30. The molecule has 0 saturated heterocycles. The predicted octanol–water partition coefficient (Wildman–Crippen LogP) is 9.67. The van der Waals surface area contributed by atoms with Crippen LogP contribution >= 0.6 is 0 Å². The molecule has 4 aromatic rings. The number of rotatable bonds is 10. The van der Waals surface area contributed by atoms with Crippen LogP contribution in [0.25, 0.3) is 12.2 Å². The number of benzene rings is 4. The first-order valence-electron chi connectivity index (χ1n) is 13.3. The molecule has 0 heterocycles. The molecule has 0 fully saturated rings. The molecular weight excluding hydrogens is 466 g/mol. The van der Waals surface area contributed by atoms with Gasteiger partial charge in [-0.25, -0.2) is 0 Å². The van der Waals surface area contributed by atoms with E-state index in [-0.39, 0.29) is 5.41 Å². The van der Waals surface area contributed by atoms with Gasteiger partial charge in [0.1, 0.15) is 11.5 Å². The van der Waals surface area contributed by atoms with Crippen molar-refractivity contribution in [1.29, 1.82) is 0 Å². The Morgan fingerprint density at radius 1 is 0.632 bits per heavy atom. The van der Waals surface area contributed by atoms with Crippen LogP contribution in [0.5, 0.6) is 11.5 Å². The van der Waals surface area contributed by atoms with Crippen molar-refractivity contribution in [2.45, 2.75) is 39.5 Å². The Balaban J connectivity index is 1.56. The van der Waals surface area contributed by atoms with Gasteiger partial charge in [0.2, 0.25) is 0 Å². The lowest BCUT2D eigenvalue weighted by atomic mass is 9.73. The van der Waals surface area contributed by atoms with Gasteiger partial charge in [0, 0.05) is 17.1 Å². The van der Waals surface area contributed by atoms with E-state index in [1.54, 1.807) is 14.2 Å². The molecule has 0 bridgehead atoms. The number of ether oxygens (including phenoxy) is 2. The second-order valence-electron chi connectivity index (χ2n) is 10.3. The standard InChI is InChI=1S/C35H39NO2/c1-7-26(2)35(3,4)29-14-10-27(11-15-29)8-9-28-12-16-30(17-13-28)36(31-18-22-33(37-5)23-19-31)32-20-24-34(38-6)25-21-32/h8-26H,7H2,1-6H3/b9-8+. The molecule has 0 radical (unpaired) electrons. The van der Waals surface area contributed by atoms with Crippen LogP contribution in [-0.4, -0.2) is 14.2 Å². The molecule has 0 aromatic heterocycles. The van der Waals surface area contributed by atoms with E-state index in [1.165, 1.54) is 17.5 Å². The Morgan fingerprint density at radius 3 is 1.37 bits per heavy atom. The van der Waals surface area contributed by atoms with Crippen molar-refractivity contribution < 1.29 is 9.47 Å². The lowest BCUT2D eigenvalue weighted by Gasteiger charge is -2.32. The average molecular weight is 506 g/mol. The molecule has 0 saturated carbocycles. The van der Waals surface area contributed by atoms with Crippen molar-refractivity contribution in [1.82, 2.24) is 0 Å². The zero-order valence-corrected chi connectivity index (χ0v) is 23.4. The summed E-state index contributed by atoms with van der Waals surface area (Å²) in [6.45, 7) is 9.29. The summed E-state index contributed by atoms with van der Waals surface area (Å²) in [7, 11) is 3.37. The second kappa shape index (κ2) is 12.0. The Morgan fingerprint density at radius 2 is 1.00 bits per heavy atom. The molecule has 3 nitrogen and oxygen atoms in total. The van der Waals surface area contributed by atoms with E-state index in [1.807, 2.05) is 24.3 Å². The van der Waals surface area contributed by atoms with E-state index < -0.39 is 0 Å². The van der Waals surface area contributed by atoms with Gasteiger partial charge >= 0.3 is 0 Å². The second-order valence-corrected chi connectivity index (χ2v) is 10.3. The summed E-state index contributed by atoms with van der Waals surface area (Å²) in [4.78, 5) is 2.23. The molecule has 1 unspecified atom stereocenters. The number of anilines is 3. The zero-order chi connectivity index (χ0) is 27.1. The van der Waals surface area contributed by atoms with Gasteiger partial charge in [0.15, 0.2) is 0 Å². The molecule has 196 valence electrons. The van der Waals surface area contributed by atoms with Gasteiger partial charge < -0.3 is 14.4 Å². The van der Waals surface area contributed by atoms with E-state index in [4.69, 9.17) is 9.47 Å². The topological polar surface area (TPSA) is 21.7 Å². The third-order valence-corrected chi connectivity index (χ3v) is 7.78. The molecule has 0 aliphatic heterocycles. The largest absolute Gasteiger partial charge is 0.497 e. The van der Waals surface area contributed by atoms with E-state index in [0.717, 1.165) is 34.1 Å². The SMILES string of the molecule is CCC(C)C(C)(C)c1ccc(/C=C/c2ccc(N(c3ccc(OC)cc3)c3ccc(OC)cc3)cc2)cc1. The molecule has 4 rings (SSSR count). The Hall–Kier alpha value is -3.98. The van der Waals surface area contributed by atoms with Gasteiger partial charge in [-0.1, -0.05) is 82.7 Å². The molecule has 0 amide bonds. The number of hydrogen-bond acceptors (Lipinski definition) is 3. The van der Waals surface area contributed by atoms with Crippen LogP contribution in [0, 0.1) is 5.92 Å². The highest BCUT2D eigenvalue weighted by atomic mass is 16.5. The third kappa shape index (κ3) is 6.11. The van der Waals surface area contributed by atoms with E-state index in [0.29, 0.717) is 5.92 Å². The minimum Gasteiger partial charge on any atom is -0.497 e. The van der Waals surface area contributed by atoms with Crippen molar-refractivity contribution in [2.24, 2.45) is 5.92 Å². The zero-order valence-electron chi connectivity index (χ0n) is 23.4. The molecule has 0 N–H and O–H groups in total. The van der Waals surface area contributed by atoms with Crippen molar-refractivity contribution in [3.05, 3.63) is 114 Å². The van der Waals surface area contributed by atoms with Crippen molar-refractivity contribution in [2.75, 3.05) is 19.1 Å². The molecule has 1 atom stereocenters. The maximum atomic E-state index is 5.37. The van der Waals surface area contributed by atoms with Gasteiger partial charge in [-0.2, -0.15) is 0 Å². The van der Waals surface area contributed by atoms with Crippen molar-refractivity contribution in [3.8, 4) is 11.5 Å². The number of methoxy groups -OCH3 is 2. The fourth-order valence-corrected chi connectivity index (χ4v) is 4.66. The van der Waals surface area contributed by atoms with Gasteiger partial charge in [0.05, 0.1) is 14.2 Å².